The van der Waals surface area contributed by atoms with Crippen LogP contribution in [-0.2, 0) is 0 Å². The monoisotopic (exact) mass is 296 g/mol. The van der Waals surface area contributed by atoms with Gasteiger partial charge in [0.05, 0.1) is 6.04 Å². The van der Waals surface area contributed by atoms with Gasteiger partial charge in [-0.25, -0.2) is 0 Å². The van der Waals surface area contributed by atoms with Crippen LogP contribution < -0.4 is 5.73 Å². The summed E-state index contributed by atoms with van der Waals surface area (Å²) in [5, 5.41) is 0. The van der Waals surface area contributed by atoms with E-state index >= 15 is 0 Å². The molecule has 1 aromatic carbocycles. The number of hydrogen-bond acceptors (Lipinski definition) is 2. The van der Waals surface area contributed by atoms with Crippen molar-refractivity contribution in [1.29, 1.82) is 0 Å². The largest absolute Gasteiger partial charge is 0.326 e. The Morgan fingerprint density at radius 3 is 2.53 bits per heavy atom. The number of likely N-dealkylation sites (tertiary alicyclic amines) is 1. The van der Waals surface area contributed by atoms with Crippen molar-refractivity contribution in [3.05, 3.63) is 34.3 Å². The van der Waals surface area contributed by atoms with Crippen LogP contribution in [0.3, 0.4) is 0 Å². The summed E-state index contributed by atoms with van der Waals surface area (Å²) in [5.41, 5.74) is 7.67. The standard InChI is InChI=1S/C14H21BrN2/c1-2-13(16)14(17-9-5-6-10-17)11-7-3-4-8-12(11)15/h3-4,7-8,13-14H,2,5-6,9-10,16H2,1H3. The highest BCUT2D eigenvalue weighted by atomic mass is 79.9. The molecule has 0 saturated carbocycles. The lowest BCUT2D eigenvalue weighted by molar-refractivity contribution is 0.209. The van der Waals surface area contributed by atoms with E-state index < -0.39 is 0 Å². The Balaban J connectivity index is 2.29. The van der Waals surface area contributed by atoms with Crippen molar-refractivity contribution in [2.45, 2.75) is 38.3 Å². The summed E-state index contributed by atoms with van der Waals surface area (Å²) in [6.07, 6.45) is 3.62. The Morgan fingerprint density at radius 1 is 1.29 bits per heavy atom. The summed E-state index contributed by atoms with van der Waals surface area (Å²) in [7, 11) is 0. The van der Waals surface area contributed by atoms with E-state index in [4.69, 9.17) is 5.73 Å². The molecule has 2 atom stereocenters. The Hall–Kier alpha value is -0.380. The van der Waals surface area contributed by atoms with Crippen molar-refractivity contribution in [3.63, 3.8) is 0 Å². The predicted molar refractivity (Wildman–Crippen MR) is 76.0 cm³/mol. The van der Waals surface area contributed by atoms with E-state index in [1.807, 2.05) is 0 Å². The molecule has 0 aromatic heterocycles. The molecular formula is C14H21BrN2. The van der Waals surface area contributed by atoms with Gasteiger partial charge in [-0.2, -0.15) is 0 Å². The molecule has 17 heavy (non-hydrogen) atoms. The Morgan fingerprint density at radius 2 is 1.94 bits per heavy atom. The van der Waals surface area contributed by atoms with E-state index in [9.17, 15) is 0 Å². The number of benzene rings is 1. The first-order valence-electron chi connectivity index (χ1n) is 6.48. The van der Waals surface area contributed by atoms with Crippen molar-refractivity contribution in [3.8, 4) is 0 Å². The van der Waals surface area contributed by atoms with Gasteiger partial charge in [-0.05, 0) is 44.0 Å². The second-order valence-corrected chi connectivity index (χ2v) is 5.64. The van der Waals surface area contributed by atoms with Crippen LogP contribution in [0.5, 0.6) is 0 Å². The molecule has 0 bridgehead atoms. The first-order chi connectivity index (χ1) is 8.24. The van der Waals surface area contributed by atoms with Crippen LogP contribution in [-0.4, -0.2) is 24.0 Å². The fourth-order valence-corrected chi connectivity index (χ4v) is 3.18. The maximum Gasteiger partial charge on any atom is 0.0510 e. The van der Waals surface area contributed by atoms with E-state index in [1.165, 1.54) is 36.0 Å². The zero-order valence-electron chi connectivity index (χ0n) is 10.4. The fraction of sp³-hybridized carbons (Fsp3) is 0.571. The number of nitrogens with two attached hydrogens (primary N) is 1. The molecule has 0 aliphatic carbocycles. The first-order valence-corrected chi connectivity index (χ1v) is 7.27. The van der Waals surface area contributed by atoms with Crippen molar-refractivity contribution in [2.75, 3.05) is 13.1 Å². The number of hydrogen-bond donors (Lipinski definition) is 1. The van der Waals surface area contributed by atoms with Gasteiger partial charge in [0.25, 0.3) is 0 Å². The van der Waals surface area contributed by atoms with Gasteiger partial charge in [-0.15, -0.1) is 0 Å². The third-order valence-corrected chi connectivity index (χ3v) is 4.36. The first kappa shape index (κ1) is 13.1. The van der Waals surface area contributed by atoms with Crippen LogP contribution in [0.1, 0.15) is 37.8 Å². The maximum atomic E-state index is 6.34. The van der Waals surface area contributed by atoms with Crippen LogP contribution in [0.2, 0.25) is 0 Å². The predicted octanol–water partition coefficient (Wildman–Crippen LogP) is 3.32. The van der Waals surface area contributed by atoms with Crippen LogP contribution in [0.4, 0.5) is 0 Å². The zero-order chi connectivity index (χ0) is 12.3. The molecule has 0 spiro atoms. The Bertz CT molecular complexity index is 361. The summed E-state index contributed by atoms with van der Waals surface area (Å²) >= 11 is 3.66. The van der Waals surface area contributed by atoms with E-state index in [-0.39, 0.29) is 6.04 Å². The van der Waals surface area contributed by atoms with Gasteiger partial charge in [-0.3, -0.25) is 4.90 Å². The summed E-state index contributed by atoms with van der Waals surface area (Å²) in [6.45, 7) is 4.53. The molecule has 1 aliphatic rings. The molecule has 1 heterocycles. The van der Waals surface area contributed by atoms with Gasteiger partial charge in [0.15, 0.2) is 0 Å². The van der Waals surface area contributed by atoms with Gasteiger partial charge < -0.3 is 5.73 Å². The molecule has 1 aliphatic heterocycles. The molecule has 1 saturated heterocycles. The minimum atomic E-state index is 0.215. The van der Waals surface area contributed by atoms with Crippen molar-refractivity contribution >= 4 is 15.9 Å². The summed E-state index contributed by atoms with van der Waals surface area (Å²) in [4.78, 5) is 2.54. The van der Waals surface area contributed by atoms with E-state index in [1.54, 1.807) is 0 Å². The van der Waals surface area contributed by atoms with Gasteiger partial charge in [0.1, 0.15) is 0 Å². The van der Waals surface area contributed by atoms with E-state index in [0.717, 1.165) is 6.42 Å². The highest BCUT2D eigenvalue weighted by Crippen LogP contribution is 2.32. The molecule has 2 N–H and O–H groups in total. The highest BCUT2D eigenvalue weighted by Gasteiger charge is 2.28. The molecule has 2 nitrogen and oxygen atoms in total. The summed E-state index contributed by atoms with van der Waals surface area (Å²) < 4.78 is 1.18. The van der Waals surface area contributed by atoms with Crippen LogP contribution >= 0.6 is 15.9 Å². The minimum absolute atomic E-state index is 0.215. The van der Waals surface area contributed by atoms with Gasteiger partial charge in [0, 0.05) is 10.5 Å². The highest BCUT2D eigenvalue weighted by molar-refractivity contribution is 9.10. The lowest BCUT2D eigenvalue weighted by Gasteiger charge is -2.33. The average Bonchev–Trinajstić information content (AvgIpc) is 2.85. The summed E-state index contributed by atoms with van der Waals surface area (Å²) in [5.74, 6) is 0. The zero-order valence-corrected chi connectivity index (χ0v) is 12.0. The molecule has 3 heteroatoms. The smallest absolute Gasteiger partial charge is 0.0510 e. The quantitative estimate of drug-likeness (QED) is 0.923. The van der Waals surface area contributed by atoms with Crippen molar-refractivity contribution < 1.29 is 0 Å². The molecule has 2 unspecified atom stereocenters. The second kappa shape index (κ2) is 5.98. The molecule has 0 radical (unpaired) electrons. The Kier molecular flexibility index (Phi) is 4.60. The van der Waals surface area contributed by atoms with Crippen molar-refractivity contribution in [1.82, 2.24) is 4.90 Å². The third-order valence-electron chi connectivity index (χ3n) is 3.63. The van der Waals surface area contributed by atoms with Gasteiger partial charge >= 0.3 is 0 Å². The topological polar surface area (TPSA) is 29.3 Å². The second-order valence-electron chi connectivity index (χ2n) is 4.78. The number of rotatable bonds is 4. The molecule has 1 fully saturated rings. The van der Waals surface area contributed by atoms with Crippen LogP contribution in [0, 0.1) is 0 Å². The maximum absolute atomic E-state index is 6.34. The molecule has 0 amide bonds. The van der Waals surface area contributed by atoms with E-state index in [0.29, 0.717) is 6.04 Å². The SMILES string of the molecule is CCC(N)C(c1ccccc1Br)N1CCCC1. The molecule has 1 aromatic rings. The fourth-order valence-electron chi connectivity index (χ4n) is 2.66. The van der Waals surface area contributed by atoms with Crippen LogP contribution in [0.15, 0.2) is 28.7 Å². The lowest BCUT2D eigenvalue weighted by atomic mass is 9.96. The van der Waals surface area contributed by atoms with Gasteiger partial charge in [0.2, 0.25) is 0 Å². The number of halogens is 1. The molecular weight excluding hydrogens is 276 g/mol. The van der Waals surface area contributed by atoms with E-state index in [2.05, 4.69) is 52.0 Å². The molecule has 94 valence electrons. The van der Waals surface area contributed by atoms with Gasteiger partial charge in [-0.1, -0.05) is 41.1 Å². The normalized spacial score (nSPS) is 20.4. The van der Waals surface area contributed by atoms with Crippen LogP contribution in [0.25, 0.3) is 0 Å². The van der Waals surface area contributed by atoms with Crippen molar-refractivity contribution in [2.24, 2.45) is 5.73 Å². The lowest BCUT2D eigenvalue weighted by Crippen LogP contribution is -2.39. The third kappa shape index (κ3) is 2.90. The summed E-state index contributed by atoms with van der Waals surface area (Å²) in [6, 6.07) is 9.05. The minimum Gasteiger partial charge on any atom is -0.326 e. The molecule has 2 rings (SSSR count). The Labute approximate surface area is 112 Å². The number of nitrogens with zero attached hydrogens (tertiary/aromatic N) is 1. The average molecular weight is 297 g/mol.